The Morgan fingerprint density at radius 3 is 3.05 bits per heavy atom. The van der Waals surface area contributed by atoms with Gasteiger partial charge in [0.15, 0.2) is 0 Å². The molecule has 20 heavy (non-hydrogen) atoms. The molecule has 0 aliphatic carbocycles. The first-order valence-corrected chi connectivity index (χ1v) is 7.92. The molecule has 3 rings (SSSR count). The summed E-state index contributed by atoms with van der Waals surface area (Å²) in [6.45, 7) is 5.02. The predicted octanol–water partition coefficient (Wildman–Crippen LogP) is 3.45. The van der Waals surface area contributed by atoms with Crippen LogP contribution >= 0.6 is 11.3 Å². The summed E-state index contributed by atoms with van der Waals surface area (Å²) < 4.78 is 2.28. The zero-order valence-electron chi connectivity index (χ0n) is 11.7. The van der Waals surface area contributed by atoms with E-state index in [-0.39, 0.29) is 0 Å². The van der Waals surface area contributed by atoms with Crippen molar-refractivity contribution >= 4 is 22.4 Å². The molecule has 0 aliphatic heterocycles. The van der Waals surface area contributed by atoms with Crippen LogP contribution in [-0.4, -0.2) is 16.1 Å². The largest absolute Gasteiger partial charge is 0.332 e. The lowest BCUT2D eigenvalue weighted by Crippen LogP contribution is -2.11. The third-order valence-corrected chi connectivity index (χ3v) is 4.40. The van der Waals surface area contributed by atoms with Crippen molar-refractivity contribution < 1.29 is 0 Å². The number of pyridine rings is 1. The number of aryl methyl sites for hydroxylation is 2. The minimum absolute atomic E-state index is 0.907. The van der Waals surface area contributed by atoms with E-state index >= 15 is 0 Å². The van der Waals surface area contributed by atoms with Gasteiger partial charge in [0, 0.05) is 35.7 Å². The predicted molar refractivity (Wildman–Crippen MR) is 85.1 cm³/mol. The molecule has 0 atom stereocenters. The quantitative estimate of drug-likeness (QED) is 0.752. The lowest BCUT2D eigenvalue weighted by molar-refractivity contribution is 0.702. The first kappa shape index (κ1) is 13.3. The molecule has 3 aromatic heterocycles. The highest BCUT2D eigenvalue weighted by Gasteiger charge is 2.08. The summed E-state index contributed by atoms with van der Waals surface area (Å²) in [4.78, 5) is 5.98. The first-order chi connectivity index (χ1) is 9.88. The second-order valence-corrected chi connectivity index (χ2v) is 5.86. The topological polar surface area (TPSA) is 29.9 Å². The van der Waals surface area contributed by atoms with Gasteiger partial charge in [0.25, 0.3) is 0 Å². The van der Waals surface area contributed by atoms with Crippen molar-refractivity contribution in [2.24, 2.45) is 0 Å². The van der Waals surface area contributed by atoms with E-state index in [1.54, 1.807) is 0 Å². The van der Waals surface area contributed by atoms with Crippen LogP contribution in [0.4, 0.5) is 0 Å². The summed E-state index contributed by atoms with van der Waals surface area (Å²) >= 11 is 1.82. The highest BCUT2D eigenvalue weighted by molar-refractivity contribution is 7.09. The molecule has 1 N–H and O–H groups in total. The molecule has 0 aliphatic rings. The monoisotopic (exact) mass is 285 g/mol. The Labute approximate surface area is 123 Å². The number of hydrogen-bond donors (Lipinski definition) is 1. The van der Waals surface area contributed by atoms with Gasteiger partial charge in [-0.15, -0.1) is 11.3 Å². The SMILES string of the molecule is CCNCc1cn(CCc2cccs2)c2ncccc12. The maximum Gasteiger partial charge on any atom is 0.140 e. The van der Waals surface area contributed by atoms with E-state index in [1.165, 1.54) is 15.8 Å². The Hall–Kier alpha value is -1.65. The third kappa shape index (κ3) is 2.76. The van der Waals surface area contributed by atoms with E-state index in [2.05, 4.69) is 51.6 Å². The Bertz CT molecular complexity index is 670. The second kappa shape index (κ2) is 6.20. The fraction of sp³-hybridized carbons (Fsp3) is 0.312. The minimum atomic E-state index is 0.907. The van der Waals surface area contributed by atoms with E-state index in [0.717, 1.165) is 31.7 Å². The number of aromatic nitrogens is 2. The molecule has 0 spiro atoms. The van der Waals surface area contributed by atoms with Gasteiger partial charge in [0.1, 0.15) is 5.65 Å². The second-order valence-electron chi connectivity index (χ2n) is 4.83. The van der Waals surface area contributed by atoms with Gasteiger partial charge >= 0.3 is 0 Å². The summed E-state index contributed by atoms with van der Waals surface area (Å²) in [7, 11) is 0. The standard InChI is InChI=1S/C16H19N3S/c1-2-17-11-13-12-19(9-7-14-5-4-10-20-14)16-15(13)6-3-8-18-16/h3-6,8,10,12,17H,2,7,9,11H2,1H3. The van der Waals surface area contributed by atoms with E-state index in [0.29, 0.717) is 0 Å². The van der Waals surface area contributed by atoms with Crippen LogP contribution in [-0.2, 0) is 19.5 Å². The van der Waals surface area contributed by atoms with Crippen molar-refractivity contribution in [2.75, 3.05) is 6.54 Å². The van der Waals surface area contributed by atoms with Crippen LogP contribution in [0.2, 0.25) is 0 Å². The number of thiophene rings is 1. The van der Waals surface area contributed by atoms with Gasteiger partial charge < -0.3 is 9.88 Å². The van der Waals surface area contributed by atoms with E-state index in [1.807, 2.05) is 23.6 Å². The maximum atomic E-state index is 4.55. The van der Waals surface area contributed by atoms with Crippen molar-refractivity contribution in [3.05, 3.63) is 52.5 Å². The van der Waals surface area contributed by atoms with Crippen LogP contribution in [0.3, 0.4) is 0 Å². The highest BCUT2D eigenvalue weighted by atomic mass is 32.1. The summed E-state index contributed by atoms with van der Waals surface area (Å²) in [5, 5.41) is 6.80. The Morgan fingerprint density at radius 2 is 2.25 bits per heavy atom. The van der Waals surface area contributed by atoms with Gasteiger partial charge in [-0.2, -0.15) is 0 Å². The fourth-order valence-corrected chi connectivity index (χ4v) is 3.15. The number of rotatable bonds is 6. The smallest absolute Gasteiger partial charge is 0.140 e. The first-order valence-electron chi connectivity index (χ1n) is 7.04. The van der Waals surface area contributed by atoms with Crippen LogP contribution < -0.4 is 5.32 Å². The van der Waals surface area contributed by atoms with Crippen LogP contribution in [0.15, 0.2) is 42.0 Å². The minimum Gasteiger partial charge on any atom is -0.332 e. The number of nitrogens with zero attached hydrogens (tertiary/aromatic N) is 2. The Balaban J connectivity index is 1.86. The van der Waals surface area contributed by atoms with Crippen molar-refractivity contribution in [3.63, 3.8) is 0 Å². The van der Waals surface area contributed by atoms with Gasteiger partial charge in [0.2, 0.25) is 0 Å². The van der Waals surface area contributed by atoms with Crippen molar-refractivity contribution in [2.45, 2.75) is 26.4 Å². The van der Waals surface area contributed by atoms with E-state index in [4.69, 9.17) is 0 Å². The van der Waals surface area contributed by atoms with E-state index < -0.39 is 0 Å². The number of nitrogens with one attached hydrogen (secondary N) is 1. The van der Waals surface area contributed by atoms with Gasteiger partial charge in [0.05, 0.1) is 0 Å². The molecule has 0 amide bonds. The van der Waals surface area contributed by atoms with Crippen molar-refractivity contribution in [3.8, 4) is 0 Å². The molecule has 3 nitrogen and oxygen atoms in total. The molecule has 0 radical (unpaired) electrons. The van der Waals surface area contributed by atoms with E-state index in [9.17, 15) is 0 Å². The fourth-order valence-electron chi connectivity index (χ4n) is 2.45. The summed E-state index contributed by atoms with van der Waals surface area (Å²) in [6, 6.07) is 8.49. The number of fused-ring (bicyclic) bond motifs is 1. The van der Waals surface area contributed by atoms with Gasteiger partial charge in [-0.25, -0.2) is 4.98 Å². The maximum absolute atomic E-state index is 4.55. The molecule has 0 saturated carbocycles. The lowest BCUT2D eigenvalue weighted by atomic mass is 10.2. The molecule has 104 valence electrons. The molecular weight excluding hydrogens is 266 g/mol. The molecule has 0 fully saturated rings. The molecule has 0 unspecified atom stereocenters. The summed E-state index contributed by atoms with van der Waals surface area (Å²) in [6.07, 6.45) is 5.19. The van der Waals surface area contributed by atoms with Crippen LogP contribution in [0.1, 0.15) is 17.4 Å². The molecule has 3 aromatic rings. The Morgan fingerprint density at radius 1 is 1.30 bits per heavy atom. The average Bonchev–Trinajstić information content (AvgIpc) is 3.11. The van der Waals surface area contributed by atoms with Gasteiger partial charge in [-0.05, 0) is 42.1 Å². The third-order valence-electron chi connectivity index (χ3n) is 3.46. The van der Waals surface area contributed by atoms with Crippen LogP contribution in [0.5, 0.6) is 0 Å². The molecule has 0 bridgehead atoms. The molecule has 0 saturated heterocycles. The molecule has 4 heteroatoms. The highest BCUT2D eigenvalue weighted by Crippen LogP contribution is 2.20. The zero-order chi connectivity index (χ0) is 13.8. The lowest BCUT2D eigenvalue weighted by Gasteiger charge is -2.02. The summed E-state index contributed by atoms with van der Waals surface area (Å²) in [5.41, 5.74) is 2.43. The van der Waals surface area contributed by atoms with Crippen molar-refractivity contribution in [1.29, 1.82) is 0 Å². The zero-order valence-corrected chi connectivity index (χ0v) is 12.5. The van der Waals surface area contributed by atoms with Crippen molar-refractivity contribution in [1.82, 2.24) is 14.9 Å². The summed E-state index contributed by atoms with van der Waals surface area (Å²) in [5.74, 6) is 0. The number of hydrogen-bond acceptors (Lipinski definition) is 3. The molecular formula is C16H19N3S. The molecule has 0 aromatic carbocycles. The normalized spacial score (nSPS) is 11.2. The van der Waals surface area contributed by atoms with Gasteiger partial charge in [-0.1, -0.05) is 13.0 Å². The molecule has 3 heterocycles. The van der Waals surface area contributed by atoms with Crippen LogP contribution in [0, 0.1) is 0 Å². The Kier molecular flexibility index (Phi) is 4.14. The van der Waals surface area contributed by atoms with Gasteiger partial charge in [-0.3, -0.25) is 0 Å². The van der Waals surface area contributed by atoms with Crippen LogP contribution in [0.25, 0.3) is 11.0 Å². The average molecular weight is 285 g/mol.